The van der Waals surface area contributed by atoms with Gasteiger partial charge in [0.05, 0.1) is 5.39 Å². The molecule has 9 heteroatoms. The second-order valence-electron chi connectivity index (χ2n) is 10.3. The monoisotopic (exact) mass is 568 g/mol. The average Bonchev–Trinajstić information content (AvgIpc) is 3.03. The lowest BCUT2D eigenvalue weighted by Gasteiger charge is -2.23. The van der Waals surface area contributed by atoms with Crippen molar-refractivity contribution in [3.8, 4) is 68.2 Å². The Kier molecular flexibility index (Phi) is 5.45. The molecule has 43 heavy (non-hydrogen) atoms. The van der Waals surface area contributed by atoms with Gasteiger partial charge in [-0.2, -0.15) is 0 Å². The summed E-state index contributed by atoms with van der Waals surface area (Å²) in [6.07, 6.45) is 0. The van der Waals surface area contributed by atoms with Gasteiger partial charge in [-0.25, -0.2) is 0 Å². The van der Waals surface area contributed by atoms with Crippen molar-refractivity contribution in [3.63, 3.8) is 0 Å². The molecule has 0 fully saturated rings. The first-order valence-electron chi connectivity index (χ1n) is 13.1. The summed E-state index contributed by atoms with van der Waals surface area (Å²) in [4.78, 5) is 0. The smallest absolute Gasteiger partial charge is 0.204 e. The lowest BCUT2D eigenvalue weighted by atomic mass is 9.81. The van der Waals surface area contributed by atoms with Crippen molar-refractivity contribution in [2.45, 2.75) is 0 Å². The standard InChI is InChI=1S/C34H21BO8/c35-26-28(37)25-24(29(38)32(26)41)23-22(30(39)33(42)34(43)31(23)40)21(27(25)36)20-17-12-6-4-10-15(17)19(14-8-2-1-3-9-14)16-11-5-7-13-18(16)20/h1-13,36-43H. The van der Waals surface area contributed by atoms with E-state index in [1.807, 2.05) is 54.6 Å². The van der Waals surface area contributed by atoms with E-state index in [0.29, 0.717) is 16.3 Å². The minimum atomic E-state index is -1.12. The topological polar surface area (TPSA) is 162 Å². The largest absolute Gasteiger partial charge is 0.508 e. The number of hydrogen-bond acceptors (Lipinski definition) is 8. The van der Waals surface area contributed by atoms with Gasteiger partial charge >= 0.3 is 0 Å². The van der Waals surface area contributed by atoms with Crippen LogP contribution < -0.4 is 5.46 Å². The molecule has 0 atom stereocenters. The average molecular weight is 568 g/mol. The summed E-state index contributed by atoms with van der Waals surface area (Å²) in [5.41, 5.74) is 1.37. The van der Waals surface area contributed by atoms with Crippen LogP contribution in [0.25, 0.3) is 65.3 Å². The normalized spacial score (nSPS) is 11.6. The SMILES string of the molecule is [B]c1c(O)c(O)c2c(c1O)c(O)c(-c1c3ccccc3c(-c3ccccc3)c3ccccc13)c1c(O)c(O)c(O)c(O)c12. The van der Waals surface area contributed by atoms with Crippen LogP contribution in [0.3, 0.4) is 0 Å². The van der Waals surface area contributed by atoms with Crippen molar-refractivity contribution >= 4 is 56.4 Å². The molecule has 7 aromatic carbocycles. The molecule has 0 heterocycles. The summed E-state index contributed by atoms with van der Waals surface area (Å²) in [6.45, 7) is 0. The maximum atomic E-state index is 12.0. The van der Waals surface area contributed by atoms with E-state index in [-0.39, 0.29) is 10.9 Å². The maximum absolute atomic E-state index is 12.0. The summed E-state index contributed by atoms with van der Waals surface area (Å²) in [7, 11) is 5.87. The predicted molar refractivity (Wildman–Crippen MR) is 166 cm³/mol. The lowest BCUT2D eigenvalue weighted by molar-refractivity contribution is 0.351. The van der Waals surface area contributed by atoms with E-state index in [1.165, 1.54) is 0 Å². The van der Waals surface area contributed by atoms with Crippen LogP contribution in [0.2, 0.25) is 0 Å². The molecule has 0 unspecified atom stereocenters. The highest BCUT2D eigenvalue weighted by Crippen LogP contribution is 2.60. The van der Waals surface area contributed by atoms with Crippen molar-refractivity contribution in [2.24, 2.45) is 0 Å². The van der Waals surface area contributed by atoms with E-state index in [0.717, 1.165) is 21.9 Å². The molecule has 7 aromatic rings. The van der Waals surface area contributed by atoms with Crippen LogP contribution in [0.1, 0.15) is 0 Å². The molecular weight excluding hydrogens is 547 g/mol. The third-order valence-electron chi connectivity index (χ3n) is 8.07. The first-order chi connectivity index (χ1) is 20.6. The molecule has 7 rings (SSSR count). The summed E-state index contributed by atoms with van der Waals surface area (Å²) in [6, 6.07) is 24.4. The molecule has 0 saturated heterocycles. The fourth-order valence-corrected chi connectivity index (χ4v) is 6.19. The van der Waals surface area contributed by atoms with Crippen LogP contribution in [-0.4, -0.2) is 48.7 Å². The quantitative estimate of drug-likeness (QED) is 0.0410. The number of hydrogen-bond donors (Lipinski definition) is 8. The van der Waals surface area contributed by atoms with Crippen LogP contribution in [0.5, 0.6) is 46.0 Å². The van der Waals surface area contributed by atoms with Gasteiger partial charge in [0, 0.05) is 27.3 Å². The summed E-state index contributed by atoms with van der Waals surface area (Å²) >= 11 is 0. The maximum Gasteiger partial charge on any atom is 0.204 e. The Labute approximate surface area is 244 Å². The molecule has 208 valence electrons. The summed E-state index contributed by atoms with van der Waals surface area (Å²) < 4.78 is 0. The van der Waals surface area contributed by atoms with Crippen molar-refractivity contribution in [1.82, 2.24) is 0 Å². The second kappa shape index (κ2) is 9.02. The number of fused-ring (bicyclic) bond motifs is 5. The number of benzene rings is 7. The first kappa shape index (κ1) is 26.0. The molecule has 0 aliphatic heterocycles. The highest BCUT2D eigenvalue weighted by atomic mass is 16.3. The molecule has 8 nitrogen and oxygen atoms in total. The summed E-state index contributed by atoms with van der Waals surface area (Å²) in [5.74, 6) is -7.48. The Hall–Kier alpha value is -5.96. The number of phenolic OH excluding ortho intramolecular Hbond substituents is 8. The van der Waals surface area contributed by atoms with Crippen molar-refractivity contribution in [1.29, 1.82) is 0 Å². The molecule has 2 radical (unpaired) electrons. The number of aromatic hydroxyl groups is 8. The van der Waals surface area contributed by atoms with Crippen LogP contribution in [-0.2, 0) is 0 Å². The van der Waals surface area contributed by atoms with E-state index in [9.17, 15) is 40.9 Å². The van der Waals surface area contributed by atoms with Gasteiger partial charge < -0.3 is 40.9 Å². The van der Waals surface area contributed by atoms with E-state index in [2.05, 4.69) is 0 Å². The van der Waals surface area contributed by atoms with Gasteiger partial charge in [0.15, 0.2) is 23.0 Å². The number of phenols is 8. The Morgan fingerprint density at radius 2 is 0.744 bits per heavy atom. The zero-order chi connectivity index (χ0) is 30.3. The fourth-order valence-electron chi connectivity index (χ4n) is 6.19. The van der Waals surface area contributed by atoms with E-state index in [4.69, 9.17) is 7.85 Å². The van der Waals surface area contributed by atoms with Crippen LogP contribution >= 0.6 is 0 Å². The van der Waals surface area contributed by atoms with Crippen LogP contribution in [0.15, 0.2) is 78.9 Å². The Morgan fingerprint density at radius 3 is 1.28 bits per heavy atom. The van der Waals surface area contributed by atoms with Crippen molar-refractivity contribution in [2.75, 3.05) is 0 Å². The third-order valence-corrected chi connectivity index (χ3v) is 8.07. The minimum Gasteiger partial charge on any atom is -0.508 e. The molecule has 0 saturated carbocycles. The zero-order valence-corrected chi connectivity index (χ0v) is 22.2. The zero-order valence-electron chi connectivity index (χ0n) is 22.2. The second-order valence-corrected chi connectivity index (χ2v) is 10.3. The molecule has 0 spiro atoms. The summed E-state index contributed by atoms with van der Waals surface area (Å²) in [5, 5.41) is 88.9. The Bertz CT molecular complexity index is 2270. The third kappa shape index (κ3) is 3.33. The van der Waals surface area contributed by atoms with Gasteiger partial charge in [-0.1, -0.05) is 78.9 Å². The molecule has 0 aliphatic carbocycles. The Morgan fingerprint density at radius 1 is 0.326 bits per heavy atom. The minimum absolute atomic E-state index is 0.141. The predicted octanol–water partition coefficient (Wildman–Crippen LogP) is 6.07. The molecule has 0 aliphatic rings. The highest BCUT2D eigenvalue weighted by Gasteiger charge is 2.32. The fraction of sp³-hybridized carbons (Fsp3) is 0. The van der Waals surface area contributed by atoms with Gasteiger partial charge in [-0.3, -0.25) is 0 Å². The Balaban J connectivity index is 1.84. The van der Waals surface area contributed by atoms with Crippen LogP contribution in [0.4, 0.5) is 0 Å². The van der Waals surface area contributed by atoms with Crippen molar-refractivity contribution in [3.05, 3.63) is 78.9 Å². The molecule has 8 N–H and O–H groups in total. The first-order valence-corrected chi connectivity index (χ1v) is 13.1. The van der Waals surface area contributed by atoms with Gasteiger partial charge in [0.1, 0.15) is 19.3 Å². The highest BCUT2D eigenvalue weighted by molar-refractivity contribution is 6.41. The molecule has 0 amide bonds. The molecule has 0 bridgehead atoms. The lowest BCUT2D eigenvalue weighted by Crippen LogP contribution is -2.05. The van der Waals surface area contributed by atoms with Crippen molar-refractivity contribution < 1.29 is 40.9 Å². The van der Waals surface area contributed by atoms with Gasteiger partial charge in [-0.05, 0) is 38.1 Å². The van der Waals surface area contributed by atoms with Gasteiger partial charge in [-0.15, -0.1) is 0 Å². The van der Waals surface area contributed by atoms with E-state index >= 15 is 0 Å². The van der Waals surface area contributed by atoms with E-state index < -0.39 is 67.6 Å². The van der Waals surface area contributed by atoms with Gasteiger partial charge in [0.25, 0.3) is 0 Å². The van der Waals surface area contributed by atoms with Crippen LogP contribution in [0, 0.1) is 0 Å². The molecule has 0 aromatic heterocycles. The number of rotatable bonds is 2. The van der Waals surface area contributed by atoms with Gasteiger partial charge in [0.2, 0.25) is 11.5 Å². The molecular formula is C34H21BO8. The van der Waals surface area contributed by atoms with E-state index in [1.54, 1.807) is 24.3 Å².